The fourth-order valence-electron chi connectivity index (χ4n) is 3.42. The van der Waals surface area contributed by atoms with E-state index in [0.717, 1.165) is 19.3 Å². The highest BCUT2D eigenvalue weighted by Crippen LogP contribution is 2.38. The first kappa shape index (κ1) is 20.1. The van der Waals surface area contributed by atoms with E-state index in [1.54, 1.807) is 6.92 Å². The van der Waals surface area contributed by atoms with Gasteiger partial charge in [-0.05, 0) is 50.9 Å². The fourth-order valence-corrected chi connectivity index (χ4v) is 3.42. The average molecular weight is 325 g/mol. The lowest BCUT2D eigenvalue weighted by molar-refractivity contribution is -0.150. The van der Waals surface area contributed by atoms with Gasteiger partial charge in [-0.1, -0.05) is 34.1 Å². The molecule has 0 spiro atoms. The van der Waals surface area contributed by atoms with Crippen molar-refractivity contribution in [3.63, 3.8) is 0 Å². The fraction of sp³-hybridized carbons (Fsp3) is 0.895. The number of esters is 1. The number of ketones is 1. The lowest BCUT2D eigenvalue weighted by atomic mass is 9.68. The van der Waals surface area contributed by atoms with Crippen molar-refractivity contribution in [1.29, 1.82) is 0 Å². The molecule has 4 nitrogen and oxygen atoms in total. The van der Waals surface area contributed by atoms with E-state index in [0.29, 0.717) is 17.8 Å². The monoisotopic (exact) mass is 325 g/mol. The van der Waals surface area contributed by atoms with Crippen molar-refractivity contribution in [1.82, 2.24) is 5.32 Å². The number of rotatable bonds is 8. The van der Waals surface area contributed by atoms with Crippen LogP contribution in [0.4, 0.5) is 0 Å². The first-order valence-corrected chi connectivity index (χ1v) is 9.22. The molecule has 5 atom stereocenters. The summed E-state index contributed by atoms with van der Waals surface area (Å²) in [5.41, 5.74) is 0. The first-order valence-electron chi connectivity index (χ1n) is 9.22. The van der Waals surface area contributed by atoms with Crippen LogP contribution in [0.2, 0.25) is 0 Å². The summed E-state index contributed by atoms with van der Waals surface area (Å²) < 4.78 is 5.30. The molecule has 1 aliphatic rings. The standard InChI is InChI=1S/C19H35NO3/c1-7-14(5)23-19(22)15(6)20-11-18(21)17-10-13(4)8-9-16(17)12(2)3/h12-17,20H,7-11H2,1-6H3/t13-,14?,15-,16+,17-/m1/s1. The Bertz CT molecular complexity index is 394. The van der Waals surface area contributed by atoms with Crippen LogP contribution in [0.1, 0.15) is 67.2 Å². The molecule has 1 unspecified atom stereocenters. The third-order valence-corrected chi connectivity index (χ3v) is 5.26. The maximum atomic E-state index is 12.6. The van der Waals surface area contributed by atoms with Crippen molar-refractivity contribution in [3.05, 3.63) is 0 Å². The molecule has 1 saturated carbocycles. The molecule has 0 heterocycles. The third kappa shape index (κ3) is 6.25. The largest absolute Gasteiger partial charge is 0.462 e. The Morgan fingerprint density at radius 3 is 2.39 bits per heavy atom. The molecule has 1 N–H and O–H groups in total. The van der Waals surface area contributed by atoms with E-state index in [1.807, 2.05) is 13.8 Å². The van der Waals surface area contributed by atoms with Crippen LogP contribution in [-0.2, 0) is 14.3 Å². The Kier molecular flexibility index (Phi) is 8.24. The van der Waals surface area contributed by atoms with Gasteiger partial charge in [0, 0.05) is 5.92 Å². The molecule has 0 amide bonds. The average Bonchev–Trinajstić information content (AvgIpc) is 2.51. The van der Waals surface area contributed by atoms with Gasteiger partial charge in [0.1, 0.15) is 11.8 Å². The van der Waals surface area contributed by atoms with E-state index < -0.39 is 6.04 Å². The van der Waals surface area contributed by atoms with Gasteiger partial charge in [-0.25, -0.2) is 0 Å². The molecule has 134 valence electrons. The summed E-state index contributed by atoms with van der Waals surface area (Å²) in [6.45, 7) is 12.5. The first-order chi connectivity index (χ1) is 10.8. The molecule has 4 heteroatoms. The van der Waals surface area contributed by atoms with Crippen LogP contribution < -0.4 is 5.32 Å². The summed E-state index contributed by atoms with van der Waals surface area (Å²) >= 11 is 0. The zero-order valence-electron chi connectivity index (χ0n) is 15.7. The van der Waals surface area contributed by atoms with Crippen LogP contribution in [0.5, 0.6) is 0 Å². The van der Waals surface area contributed by atoms with E-state index >= 15 is 0 Å². The Morgan fingerprint density at radius 2 is 1.83 bits per heavy atom. The van der Waals surface area contributed by atoms with Gasteiger partial charge in [-0.2, -0.15) is 0 Å². The molecule has 0 radical (unpaired) electrons. The summed E-state index contributed by atoms with van der Waals surface area (Å²) in [5, 5.41) is 3.06. The van der Waals surface area contributed by atoms with Gasteiger partial charge in [0.15, 0.2) is 0 Å². The van der Waals surface area contributed by atoms with Crippen LogP contribution in [0.3, 0.4) is 0 Å². The molecule has 0 saturated heterocycles. The zero-order valence-corrected chi connectivity index (χ0v) is 15.7. The smallest absolute Gasteiger partial charge is 0.323 e. The van der Waals surface area contributed by atoms with Crippen molar-refractivity contribution in [2.45, 2.75) is 79.4 Å². The highest BCUT2D eigenvalue weighted by molar-refractivity contribution is 5.84. The number of carbonyl (C=O) groups is 2. The number of ether oxygens (including phenoxy) is 1. The lowest BCUT2D eigenvalue weighted by Crippen LogP contribution is -2.43. The van der Waals surface area contributed by atoms with Crippen LogP contribution >= 0.6 is 0 Å². The Labute approximate surface area is 141 Å². The number of nitrogens with one attached hydrogen (secondary N) is 1. The maximum Gasteiger partial charge on any atom is 0.323 e. The highest BCUT2D eigenvalue weighted by Gasteiger charge is 2.35. The Morgan fingerprint density at radius 1 is 1.17 bits per heavy atom. The molecule has 1 rings (SSSR count). The van der Waals surface area contributed by atoms with Crippen molar-refractivity contribution >= 4 is 11.8 Å². The normalized spacial score (nSPS) is 27.5. The van der Waals surface area contributed by atoms with Gasteiger partial charge < -0.3 is 4.74 Å². The molecule has 1 aliphatic carbocycles. The molecule has 0 aromatic carbocycles. The molecular formula is C19H35NO3. The van der Waals surface area contributed by atoms with Crippen molar-refractivity contribution in [2.75, 3.05) is 6.54 Å². The van der Waals surface area contributed by atoms with E-state index in [2.05, 4.69) is 26.1 Å². The molecule has 1 fully saturated rings. The SMILES string of the molecule is CCC(C)OC(=O)[C@@H](C)NCC(=O)[C@@H]1C[C@H](C)CC[C@H]1C(C)C. The van der Waals surface area contributed by atoms with E-state index in [-0.39, 0.29) is 30.3 Å². The van der Waals surface area contributed by atoms with Crippen molar-refractivity contribution in [3.8, 4) is 0 Å². The molecule has 23 heavy (non-hydrogen) atoms. The minimum atomic E-state index is -0.438. The number of hydrogen-bond donors (Lipinski definition) is 1. The van der Waals surface area contributed by atoms with Crippen molar-refractivity contribution in [2.24, 2.45) is 23.7 Å². The topological polar surface area (TPSA) is 55.4 Å². The number of carbonyl (C=O) groups excluding carboxylic acids is 2. The van der Waals surface area contributed by atoms with E-state index in [1.165, 1.54) is 6.42 Å². The second-order valence-corrected chi connectivity index (χ2v) is 7.66. The van der Waals surface area contributed by atoms with Gasteiger partial charge in [-0.3, -0.25) is 14.9 Å². The molecular weight excluding hydrogens is 290 g/mol. The summed E-state index contributed by atoms with van der Waals surface area (Å²) in [6.07, 6.45) is 4.06. The molecule has 0 aromatic rings. The highest BCUT2D eigenvalue weighted by atomic mass is 16.5. The summed E-state index contributed by atoms with van der Waals surface area (Å²) in [7, 11) is 0. The number of hydrogen-bond acceptors (Lipinski definition) is 4. The van der Waals surface area contributed by atoms with Gasteiger partial charge in [0.05, 0.1) is 12.6 Å². The minimum absolute atomic E-state index is 0.0769. The zero-order chi connectivity index (χ0) is 17.6. The third-order valence-electron chi connectivity index (χ3n) is 5.26. The molecule has 0 aliphatic heterocycles. The van der Waals surface area contributed by atoms with E-state index in [9.17, 15) is 9.59 Å². The minimum Gasteiger partial charge on any atom is -0.462 e. The maximum absolute atomic E-state index is 12.6. The Balaban J connectivity index is 2.52. The summed E-state index contributed by atoms with van der Waals surface area (Å²) in [4.78, 5) is 24.6. The Hall–Kier alpha value is -0.900. The molecule has 0 aromatic heterocycles. The quantitative estimate of drug-likeness (QED) is 0.693. The predicted molar refractivity (Wildman–Crippen MR) is 93.1 cm³/mol. The number of Topliss-reactive ketones (excluding diaryl/α,β-unsaturated/α-hetero) is 1. The van der Waals surface area contributed by atoms with Crippen molar-refractivity contribution < 1.29 is 14.3 Å². The van der Waals surface area contributed by atoms with Crippen LogP contribution in [-0.4, -0.2) is 30.4 Å². The lowest BCUT2D eigenvalue weighted by Gasteiger charge is -2.36. The molecule has 0 bridgehead atoms. The van der Waals surface area contributed by atoms with Gasteiger partial charge in [-0.15, -0.1) is 0 Å². The summed E-state index contributed by atoms with van der Waals surface area (Å²) in [5.74, 6) is 1.73. The van der Waals surface area contributed by atoms with Gasteiger partial charge in [0.25, 0.3) is 0 Å². The van der Waals surface area contributed by atoms with E-state index in [4.69, 9.17) is 4.74 Å². The second kappa shape index (κ2) is 9.41. The van der Waals surface area contributed by atoms with Gasteiger partial charge in [0.2, 0.25) is 0 Å². The van der Waals surface area contributed by atoms with Crippen LogP contribution in [0.25, 0.3) is 0 Å². The van der Waals surface area contributed by atoms with Crippen LogP contribution in [0.15, 0.2) is 0 Å². The van der Waals surface area contributed by atoms with Gasteiger partial charge >= 0.3 is 5.97 Å². The summed E-state index contributed by atoms with van der Waals surface area (Å²) in [6, 6.07) is -0.438. The second-order valence-electron chi connectivity index (χ2n) is 7.66. The van der Waals surface area contributed by atoms with Crippen LogP contribution in [0, 0.1) is 23.7 Å². The predicted octanol–water partition coefficient (Wildman–Crippen LogP) is 3.58.